The lowest BCUT2D eigenvalue weighted by atomic mass is 9.76. The molecule has 118 valence electrons. The van der Waals surface area contributed by atoms with Crippen molar-refractivity contribution in [3.05, 3.63) is 0 Å². The van der Waals surface area contributed by atoms with Crippen LogP contribution < -0.4 is 5.32 Å². The molecule has 1 N–H and O–H groups in total. The maximum Gasteiger partial charge on any atom is 0.0673 e. The molecule has 2 aliphatic rings. The van der Waals surface area contributed by atoms with Crippen molar-refractivity contribution in [1.29, 1.82) is 0 Å². The van der Waals surface area contributed by atoms with Crippen molar-refractivity contribution in [3.63, 3.8) is 0 Å². The number of ether oxygens (including phenoxy) is 2. The van der Waals surface area contributed by atoms with Gasteiger partial charge in [0.2, 0.25) is 0 Å². The fourth-order valence-electron chi connectivity index (χ4n) is 3.32. The van der Waals surface area contributed by atoms with Gasteiger partial charge >= 0.3 is 0 Å². The monoisotopic (exact) mass is 283 g/mol. The van der Waals surface area contributed by atoms with Gasteiger partial charge in [0, 0.05) is 37.8 Å². The first-order chi connectivity index (χ1) is 9.68. The van der Waals surface area contributed by atoms with Crippen LogP contribution in [0.15, 0.2) is 0 Å². The SMILES string of the molecule is CCCCOCCC1(CNC(C)C)CCOC1C1CC1. The molecule has 0 bridgehead atoms. The molecule has 1 aliphatic heterocycles. The number of hydrogen-bond acceptors (Lipinski definition) is 3. The van der Waals surface area contributed by atoms with Crippen LogP contribution in [0.4, 0.5) is 0 Å². The lowest BCUT2D eigenvalue weighted by Crippen LogP contribution is -2.44. The van der Waals surface area contributed by atoms with Crippen LogP contribution in [0.25, 0.3) is 0 Å². The van der Waals surface area contributed by atoms with Gasteiger partial charge in [-0.2, -0.15) is 0 Å². The van der Waals surface area contributed by atoms with E-state index in [1.54, 1.807) is 0 Å². The van der Waals surface area contributed by atoms with Gasteiger partial charge in [-0.15, -0.1) is 0 Å². The van der Waals surface area contributed by atoms with Crippen LogP contribution in [0.2, 0.25) is 0 Å². The van der Waals surface area contributed by atoms with Crippen LogP contribution >= 0.6 is 0 Å². The Bertz CT molecular complexity index is 278. The maximum atomic E-state index is 6.11. The van der Waals surface area contributed by atoms with E-state index in [1.807, 2.05) is 0 Å². The number of hydrogen-bond donors (Lipinski definition) is 1. The zero-order valence-electron chi connectivity index (χ0n) is 13.6. The van der Waals surface area contributed by atoms with E-state index in [0.29, 0.717) is 17.6 Å². The summed E-state index contributed by atoms with van der Waals surface area (Å²) in [7, 11) is 0. The van der Waals surface area contributed by atoms with E-state index in [-0.39, 0.29) is 0 Å². The van der Waals surface area contributed by atoms with Gasteiger partial charge in [-0.05, 0) is 38.0 Å². The average Bonchev–Trinajstić information content (AvgIpc) is 3.18. The van der Waals surface area contributed by atoms with Crippen molar-refractivity contribution >= 4 is 0 Å². The van der Waals surface area contributed by atoms with Gasteiger partial charge in [-0.25, -0.2) is 0 Å². The Morgan fingerprint density at radius 2 is 2.10 bits per heavy atom. The minimum Gasteiger partial charge on any atom is -0.381 e. The lowest BCUT2D eigenvalue weighted by molar-refractivity contribution is 0.00755. The van der Waals surface area contributed by atoms with E-state index in [1.165, 1.54) is 32.1 Å². The summed E-state index contributed by atoms with van der Waals surface area (Å²) in [6, 6.07) is 0.549. The van der Waals surface area contributed by atoms with Crippen molar-refractivity contribution < 1.29 is 9.47 Å². The van der Waals surface area contributed by atoms with Crippen molar-refractivity contribution in [2.75, 3.05) is 26.4 Å². The van der Waals surface area contributed by atoms with Crippen LogP contribution in [0, 0.1) is 11.3 Å². The normalized spacial score (nSPS) is 30.3. The molecule has 1 heterocycles. The van der Waals surface area contributed by atoms with Gasteiger partial charge in [0.1, 0.15) is 0 Å². The van der Waals surface area contributed by atoms with Gasteiger partial charge in [-0.3, -0.25) is 0 Å². The molecule has 2 unspecified atom stereocenters. The Hall–Kier alpha value is -0.120. The summed E-state index contributed by atoms with van der Waals surface area (Å²) in [5, 5.41) is 3.66. The van der Waals surface area contributed by atoms with Gasteiger partial charge in [0.05, 0.1) is 6.10 Å². The second-order valence-electron chi connectivity index (χ2n) is 6.99. The molecule has 1 aliphatic carbocycles. The highest BCUT2D eigenvalue weighted by Crippen LogP contribution is 2.49. The first-order valence-electron chi connectivity index (χ1n) is 8.60. The summed E-state index contributed by atoms with van der Waals surface area (Å²) in [5.41, 5.74) is 0.317. The molecule has 0 amide bonds. The summed E-state index contributed by atoms with van der Waals surface area (Å²) in [4.78, 5) is 0. The summed E-state index contributed by atoms with van der Waals surface area (Å²) in [6.07, 6.45) is 7.95. The Kier molecular flexibility index (Phi) is 6.31. The van der Waals surface area contributed by atoms with Crippen LogP contribution in [-0.4, -0.2) is 38.5 Å². The molecule has 1 saturated carbocycles. The highest BCUT2D eigenvalue weighted by atomic mass is 16.5. The fourth-order valence-corrected chi connectivity index (χ4v) is 3.32. The smallest absolute Gasteiger partial charge is 0.0673 e. The fraction of sp³-hybridized carbons (Fsp3) is 1.00. The molecule has 0 radical (unpaired) electrons. The Balaban J connectivity index is 1.85. The molecule has 1 saturated heterocycles. The van der Waals surface area contributed by atoms with Crippen molar-refractivity contribution in [2.45, 2.75) is 71.4 Å². The van der Waals surface area contributed by atoms with Crippen LogP contribution in [-0.2, 0) is 9.47 Å². The standard InChI is InChI=1S/C17H33NO2/c1-4-5-10-19-11-8-17(13-18-14(2)3)9-12-20-16(17)15-6-7-15/h14-16,18H,4-13H2,1-3H3. The molecule has 2 atom stereocenters. The third-order valence-corrected chi connectivity index (χ3v) is 4.80. The summed E-state index contributed by atoms with van der Waals surface area (Å²) in [6.45, 7) is 10.5. The molecule has 20 heavy (non-hydrogen) atoms. The third kappa shape index (κ3) is 4.44. The van der Waals surface area contributed by atoms with Crippen LogP contribution in [0.5, 0.6) is 0 Å². The number of unbranched alkanes of at least 4 members (excludes halogenated alkanes) is 1. The third-order valence-electron chi connectivity index (χ3n) is 4.80. The van der Waals surface area contributed by atoms with E-state index in [4.69, 9.17) is 9.47 Å². The topological polar surface area (TPSA) is 30.5 Å². The minimum atomic E-state index is 0.317. The minimum absolute atomic E-state index is 0.317. The van der Waals surface area contributed by atoms with Gasteiger partial charge in [0.15, 0.2) is 0 Å². The second kappa shape index (κ2) is 7.77. The molecule has 2 rings (SSSR count). The predicted molar refractivity (Wildman–Crippen MR) is 83.0 cm³/mol. The molecule has 2 fully saturated rings. The highest BCUT2D eigenvalue weighted by Gasteiger charge is 2.50. The van der Waals surface area contributed by atoms with Crippen LogP contribution in [0.1, 0.15) is 59.3 Å². The molecule has 0 aromatic rings. The van der Waals surface area contributed by atoms with E-state index >= 15 is 0 Å². The van der Waals surface area contributed by atoms with E-state index in [2.05, 4.69) is 26.1 Å². The van der Waals surface area contributed by atoms with E-state index in [0.717, 1.165) is 38.7 Å². The highest BCUT2D eigenvalue weighted by molar-refractivity contribution is 5.00. The first-order valence-corrected chi connectivity index (χ1v) is 8.60. The molecular formula is C17H33NO2. The first kappa shape index (κ1) is 16.3. The molecule has 0 aromatic carbocycles. The molecular weight excluding hydrogens is 250 g/mol. The zero-order valence-corrected chi connectivity index (χ0v) is 13.6. The van der Waals surface area contributed by atoms with E-state index < -0.39 is 0 Å². The summed E-state index contributed by atoms with van der Waals surface area (Å²) in [5.74, 6) is 0.821. The zero-order chi connectivity index (χ0) is 14.4. The number of nitrogens with one attached hydrogen (secondary N) is 1. The maximum absolute atomic E-state index is 6.11. The molecule has 0 aromatic heterocycles. The van der Waals surface area contributed by atoms with Crippen molar-refractivity contribution in [2.24, 2.45) is 11.3 Å². The quantitative estimate of drug-likeness (QED) is 0.624. The second-order valence-corrected chi connectivity index (χ2v) is 6.99. The summed E-state index contributed by atoms with van der Waals surface area (Å²) < 4.78 is 11.9. The van der Waals surface area contributed by atoms with Crippen molar-refractivity contribution in [3.8, 4) is 0 Å². The predicted octanol–water partition coefficient (Wildman–Crippen LogP) is 3.38. The molecule has 3 heteroatoms. The van der Waals surface area contributed by atoms with Crippen LogP contribution in [0.3, 0.4) is 0 Å². The lowest BCUT2D eigenvalue weighted by Gasteiger charge is -2.35. The largest absolute Gasteiger partial charge is 0.381 e. The average molecular weight is 283 g/mol. The Morgan fingerprint density at radius 1 is 1.30 bits per heavy atom. The van der Waals surface area contributed by atoms with Crippen molar-refractivity contribution in [1.82, 2.24) is 5.32 Å². The van der Waals surface area contributed by atoms with Gasteiger partial charge < -0.3 is 14.8 Å². The summed E-state index contributed by atoms with van der Waals surface area (Å²) >= 11 is 0. The van der Waals surface area contributed by atoms with E-state index in [9.17, 15) is 0 Å². The van der Waals surface area contributed by atoms with Gasteiger partial charge in [-0.1, -0.05) is 27.2 Å². The molecule has 3 nitrogen and oxygen atoms in total. The number of rotatable bonds is 10. The van der Waals surface area contributed by atoms with Gasteiger partial charge in [0.25, 0.3) is 0 Å². The molecule has 0 spiro atoms. The Labute approximate surface area is 124 Å². The Morgan fingerprint density at radius 3 is 2.75 bits per heavy atom.